The number of carbonyl (C=O) groups is 1. The highest BCUT2D eigenvalue weighted by Gasteiger charge is 2.18. The van der Waals surface area contributed by atoms with Crippen LogP contribution in [0.1, 0.15) is 68.6 Å². The van der Waals surface area contributed by atoms with E-state index in [1.807, 2.05) is 0 Å². The molecule has 24 heavy (non-hydrogen) atoms. The molecule has 1 saturated carbocycles. The molecule has 0 heterocycles. The molecule has 1 N–H and O–H groups in total. The summed E-state index contributed by atoms with van der Waals surface area (Å²) in [6.45, 7) is 2.81. The fraction of sp³-hybridized carbons (Fsp3) is 0.571. The van der Waals surface area contributed by atoms with Gasteiger partial charge >= 0.3 is 5.97 Å². The van der Waals surface area contributed by atoms with Crippen LogP contribution in [0.5, 0.6) is 5.75 Å². The maximum absolute atomic E-state index is 10.8. The predicted octanol–water partition coefficient (Wildman–Crippen LogP) is 5.71. The van der Waals surface area contributed by atoms with Crippen molar-refractivity contribution in [2.45, 2.75) is 58.3 Å². The van der Waals surface area contributed by atoms with Gasteiger partial charge in [0, 0.05) is 0 Å². The van der Waals surface area contributed by atoms with E-state index in [0.717, 1.165) is 5.92 Å². The monoisotopic (exact) mass is 330 g/mol. The van der Waals surface area contributed by atoms with Crippen LogP contribution < -0.4 is 4.74 Å². The number of ether oxygens (including phenoxy) is 1. The van der Waals surface area contributed by atoms with E-state index in [1.54, 1.807) is 24.3 Å². The Balaban J connectivity index is 1.63. The molecule has 1 aromatic rings. The molecule has 1 aliphatic rings. The van der Waals surface area contributed by atoms with Crippen molar-refractivity contribution in [3.8, 4) is 5.75 Å². The van der Waals surface area contributed by atoms with E-state index in [-0.39, 0.29) is 5.56 Å². The van der Waals surface area contributed by atoms with E-state index in [1.165, 1.54) is 51.4 Å². The van der Waals surface area contributed by atoms with Crippen molar-refractivity contribution >= 4 is 5.97 Å². The smallest absolute Gasteiger partial charge is 0.335 e. The minimum absolute atomic E-state index is 0.286. The predicted molar refractivity (Wildman–Crippen MR) is 97.6 cm³/mol. The van der Waals surface area contributed by atoms with Crippen LogP contribution in [0.3, 0.4) is 0 Å². The summed E-state index contributed by atoms with van der Waals surface area (Å²) in [5, 5.41) is 8.86. The number of carboxylic acid groups (broad SMARTS) is 1. The Bertz CT molecular complexity index is 510. The number of hydrogen-bond acceptors (Lipinski definition) is 2. The topological polar surface area (TPSA) is 46.5 Å². The molecule has 0 radical (unpaired) electrons. The van der Waals surface area contributed by atoms with E-state index in [0.29, 0.717) is 18.3 Å². The average Bonchev–Trinajstić information content (AvgIpc) is 2.60. The zero-order chi connectivity index (χ0) is 17.2. The third-order valence-electron chi connectivity index (χ3n) is 4.96. The molecule has 3 heteroatoms. The van der Waals surface area contributed by atoms with Crippen molar-refractivity contribution in [3.05, 3.63) is 42.0 Å². The van der Waals surface area contributed by atoms with Crippen LogP contribution in [0.4, 0.5) is 0 Å². The van der Waals surface area contributed by atoms with Crippen molar-refractivity contribution in [2.75, 3.05) is 6.61 Å². The fourth-order valence-corrected chi connectivity index (χ4v) is 3.44. The summed E-state index contributed by atoms with van der Waals surface area (Å²) in [7, 11) is 0. The molecule has 0 unspecified atom stereocenters. The van der Waals surface area contributed by atoms with Gasteiger partial charge in [0.05, 0.1) is 5.56 Å². The second kappa shape index (κ2) is 10.2. The van der Waals surface area contributed by atoms with Crippen molar-refractivity contribution in [1.29, 1.82) is 0 Å². The zero-order valence-electron chi connectivity index (χ0n) is 14.7. The average molecular weight is 330 g/mol. The molecule has 1 aromatic carbocycles. The van der Waals surface area contributed by atoms with Crippen molar-refractivity contribution in [3.63, 3.8) is 0 Å². The number of unbranched alkanes of at least 4 members (excludes halogenated alkanes) is 2. The van der Waals surface area contributed by atoms with Crippen LogP contribution in [0, 0.1) is 11.8 Å². The molecule has 0 aliphatic heterocycles. The van der Waals surface area contributed by atoms with E-state index in [9.17, 15) is 4.79 Å². The summed E-state index contributed by atoms with van der Waals surface area (Å²) < 4.78 is 5.64. The third kappa shape index (κ3) is 6.38. The quantitative estimate of drug-likeness (QED) is 0.466. The second-order valence-electron chi connectivity index (χ2n) is 6.85. The summed E-state index contributed by atoms with van der Waals surface area (Å²) in [6, 6.07) is 6.56. The summed E-state index contributed by atoms with van der Waals surface area (Å²) in [6.07, 6.45) is 15.3. The largest absolute Gasteiger partial charge is 0.490 e. The summed E-state index contributed by atoms with van der Waals surface area (Å²) in [5.41, 5.74) is 0.286. The molecule has 0 bridgehead atoms. The summed E-state index contributed by atoms with van der Waals surface area (Å²) >= 11 is 0. The Hall–Kier alpha value is -1.77. The second-order valence-corrected chi connectivity index (χ2v) is 6.85. The van der Waals surface area contributed by atoms with Crippen LogP contribution in [0.25, 0.3) is 0 Å². The Kier molecular flexibility index (Phi) is 7.87. The molecule has 1 fully saturated rings. The maximum Gasteiger partial charge on any atom is 0.335 e. The van der Waals surface area contributed by atoms with Crippen molar-refractivity contribution in [1.82, 2.24) is 0 Å². The minimum Gasteiger partial charge on any atom is -0.490 e. The SMILES string of the molecule is CCCCCC1CCC(C=CCOc2ccc(C(=O)O)cc2)CC1. The molecule has 1 aliphatic carbocycles. The number of carboxylic acids is 1. The summed E-state index contributed by atoms with van der Waals surface area (Å²) in [5.74, 6) is 1.45. The van der Waals surface area contributed by atoms with Gasteiger partial charge < -0.3 is 9.84 Å². The summed E-state index contributed by atoms with van der Waals surface area (Å²) in [4.78, 5) is 10.8. The molecular formula is C21H30O3. The molecule has 0 amide bonds. The number of benzene rings is 1. The van der Waals surface area contributed by atoms with E-state index in [2.05, 4.69) is 19.1 Å². The number of rotatable bonds is 9. The van der Waals surface area contributed by atoms with Gasteiger partial charge in [-0.25, -0.2) is 4.79 Å². The first-order valence-corrected chi connectivity index (χ1v) is 9.32. The van der Waals surface area contributed by atoms with Crippen LogP contribution in [-0.2, 0) is 0 Å². The third-order valence-corrected chi connectivity index (χ3v) is 4.96. The molecular weight excluding hydrogens is 300 g/mol. The Morgan fingerprint density at radius 3 is 2.50 bits per heavy atom. The highest BCUT2D eigenvalue weighted by Crippen LogP contribution is 2.32. The van der Waals surface area contributed by atoms with Crippen LogP contribution in [0.2, 0.25) is 0 Å². The van der Waals surface area contributed by atoms with E-state index in [4.69, 9.17) is 9.84 Å². The zero-order valence-corrected chi connectivity index (χ0v) is 14.7. The molecule has 0 aromatic heterocycles. The van der Waals surface area contributed by atoms with Gasteiger partial charge in [0.2, 0.25) is 0 Å². The normalized spacial score (nSPS) is 21.0. The fourth-order valence-electron chi connectivity index (χ4n) is 3.44. The van der Waals surface area contributed by atoms with Gasteiger partial charge in [-0.15, -0.1) is 0 Å². The number of hydrogen-bond donors (Lipinski definition) is 1. The lowest BCUT2D eigenvalue weighted by Crippen LogP contribution is -2.13. The van der Waals surface area contributed by atoms with Gasteiger partial charge in [-0.3, -0.25) is 0 Å². The standard InChI is InChI=1S/C21H30O3/c1-2-3-4-6-17-8-10-18(11-9-17)7-5-16-24-20-14-12-19(13-15-20)21(22)23/h5,7,12-15,17-18H,2-4,6,8-11,16H2,1H3,(H,22,23). The van der Waals surface area contributed by atoms with Gasteiger partial charge in [0.25, 0.3) is 0 Å². The Morgan fingerprint density at radius 1 is 1.17 bits per heavy atom. The lowest BCUT2D eigenvalue weighted by Gasteiger charge is -2.26. The minimum atomic E-state index is -0.910. The molecule has 3 nitrogen and oxygen atoms in total. The first-order chi connectivity index (χ1) is 11.7. The van der Waals surface area contributed by atoms with E-state index < -0.39 is 5.97 Å². The van der Waals surface area contributed by atoms with Gasteiger partial charge in [0.15, 0.2) is 0 Å². The molecule has 0 saturated heterocycles. The lowest BCUT2D eigenvalue weighted by molar-refractivity contribution is 0.0697. The first-order valence-electron chi connectivity index (χ1n) is 9.32. The Morgan fingerprint density at radius 2 is 1.88 bits per heavy atom. The highest BCUT2D eigenvalue weighted by atomic mass is 16.5. The van der Waals surface area contributed by atoms with E-state index >= 15 is 0 Å². The van der Waals surface area contributed by atoms with Gasteiger partial charge in [-0.05, 0) is 61.8 Å². The number of aromatic carboxylic acids is 1. The van der Waals surface area contributed by atoms with Gasteiger partial charge in [-0.1, -0.05) is 44.8 Å². The van der Waals surface area contributed by atoms with Crippen LogP contribution in [0.15, 0.2) is 36.4 Å². The lowest BCUT2D eigenvalue weighted by atomic mass is 9.79. The Labute approximate surface area is 145 Å². The highest BCUT2D eigenvalue weighted by molar-refractivity contribution is 5.87. The van der Waals surface area contributed by atoms with Crippen molar-refractivity contribution in [2.24, 2.45) is 11.8 Å². The van der Waals surface area contributed by atoms with Crippen molar-refractivity contribution < 1.29 is 14.6 Å². The van der Waals surface area contributed by atoms with Crippen LogP contribution in [-0.4, -0.2) is 17.7 Å². The molecule has 2 rings (SSSR count). The molecule has 0 atom stereocenters. The molecule has 0 spiro atoms. The maximum atomic E-state index is 10.8. The van der Waals surface area contributed by atoms with Gasteiger partial charge in [-0.2, -0.15) is 0 Å². The molecule has 132 valence electrons. The first kappa shape index (κ1) is 18.6. The van der Waals surface area contributed by atoms with Crippen LogP contribution >= 0.6 is 0 Å². The number of allylic oxidation sites excluding steroid dienone is 1. The van der Waals surface area contributed by atoms with Gasteiger partial charge in [0.1, 0.15) is 12.4 Å².